The van der Waals surface area contributed by atoms with Crippen LogP contribution in [0.5, 0.6) is 0 Å². The van der Waals surface area contributed by atoms with Gasteiger partial charge in [-0.3, -0.25) is 0 Å². The maximum atomic E-state index is 8.75. The van der Waals surface area contributed by atoms with E-state index in [2.05, 4.69) is 13.8 Å². The van der Waals surface area contributed by atoms with Crippen molar-refractivity contribution < 1.29 is 5.11 Å². The van der Waals surface area contributed by atoms with Gasteiger partial charge in [-0.1, -0.05) is 6.92 Å². The topological polar surface area (TPSA) is 20.2 Å². The summed E-state index contributed by atoms with van der Waals surface area (Å²) in [5, 5.41) is 9.48. The Balaban J connectivity index is 2.31. The maximum absolute atomic E-state index is 8.75. The molecule has 0 amide bonds. The minimum atomic E-state index is 0.231. The van der Waals surface area contributed by atoms with E-state index in [1.54, 1.807) is 0 Å². The zero-order valence-corrected chi connectivity index (χ0v) is 6.16. The van der Waals surface area contributed by atoms with Crippen LogP contribution in [-0.4, -0.2) is 21.7 Å². The van der Waals surface area contributed by atoms with Crippen molar-refractivity contribution in [2.45, 2.75) is 30.3 Å². The number of thioether (sulfide) groups is 1. The molecule has 0 bridgehead atoms. The zero-order valence-electron chi connectivity index (χ0n) is 5.35. The molecular weight excluding hydrogens is 120 g/mol. The standard InChI is InChI=1S/C6H12OS/c1-3-5-6(2,4-7)8-5/h5,7H,3-4H2,1-2H3. The normalized spacial score (nSPS) is 44.6. The van der Waals surface area contributed by atoms with Crippen molar-refractivity contribution in [2.24, 2.45) is 0 Å². The Morgan fingerprint density at radius 2 is 2.38 bits per heavy atom. The van der Waals surface area contributed by atoms with Gasteiger partial charge < -0.3 is 5.11 Å². The lowest BCUT2D eigenvalue weighted by Gasteiger charge is -1.99. The van der Waals surface area contributed by atoms with E-state index in [0.29, 0.717) is 6.61 Å². The van der Waals surface area contributed by atoms with Crippen LogP contribution in [0.15, 0.2) is 0 Å². The predicted molar refractivity (Wildman–Crippen MR) is 37.2 cm³/mol. The van der Waals surface area contributed by atoms with Crippen LogP contribution in [0.25, 0.3) is 0 Å². The van der Waals surface area contributed by atoms with Crippen LogP contribution < -0.4 is 0 Å². The van der Waals surface area contributed by atoms with Gasteiger partial charge in [-0.2, -0.15) is 0 Å². The van der Waals surface area contributed by atoms with Crippen molar-refractivity contribution in [1.29, 1.82) is 0 Å². The second-order valence-electron chi connectivity index (χ2n) is 2.49. The van der Waals surface area contributed by atoms with Crippen LogP contribution in [0.4, 0.5) is 0 Å². The Labute approximate surface area is 54.5 Å². The maximum Gasteiger partial charge on any atom is 0.0586 e. The number of hydrogen-bond acceptors (Lipinski definition) is 2. The molecule has 48 valence electrons. The van der Waals surface area contributed by atoms with Crippen LogP contribution in [0.3, 0.4) is 0 Å². The summed E-state index contributed by atoms with van der Waals surface area (Å²) in [7, 11) is 0. The molecule has 1 saturated heterocycles. The molecule has 1 aliphatic rings. The average molecular weight is 132 g/mol. The number of aliphatic hydroxyl groups excluding tert-OH is 1. The molecule has 8 heavy (non-hydrogen) atoms. The summed E-state index contributed by atoms with van der Waals surface area (Å²) in [5.74, 6) is 0. The third-order valence-corrected chi connectivity index (χ3v) is 3.56. The van der Waals surface area contributed by atoms with E-state index < -0.39 is 0 Å². The Morgan fingerprint density at radius 1 is 1.75 bits per heavy atom. The Hall–Kier alpha value is 0.310. The van der Waals surface area contributed by atoms with Crippen molar-refractivity contribution in [3.8, 4) is 0 Å². The van der Waals surface area contributed by atoms with Gasteiger partial charge in [-0.15, -0.1) is 11.8 Å². The van der Waals surface area contributed by atoms with Gasteiger partial charge in [0, 0.05) is 10.00 Å². The molecular formula is C6H12OS. The number of aliphatic hydroxyl groups is 1. The summed E-state index contributed by atoms with van der Waals surface area (Å²) in [6.07, 6.45) is 1.20. The van der Waals surface area contributed by atoms with Gasteiger partial charge in [-0.25, -0.2) is 0 Å². The molecule has 2 unspecified atom stereocenters. The van der Waals surface area contributed by atoms with Gasteiger partial charge in [0.2, 0.25) is 0 Å². The van der Waals surface area contributed by atoms with Gasteiger partial charge in [0.05, 0.1) is 6.61 Å². The van der Waals surface area contributed by atoms with E-state index in [9.17, 15) is 0 Å². The van der Waals surface area contributed by atoms with Crippen LogP contribution >= 0.6 is 11.8 Å². The summed E-state index contributed by atoms with van der Waals surface area (Å²) in [4.78, 5) is 0. The molecule has 0 radical (unpaired) electrons. The summed E-state index contributed by atoms with van der Waals surface area (Å²) >= 11 is 1.89. The van der Waals surface area contributed by atoms with Gasteiger partial charge in [0.1, 0.15) is 0 Å². The first-order valence-corrected chi connectivity index (χ1v) is 3.89. The summed E-state index contributed by atoms with van der Waals surface area (Å²) < 4.78 is 0.231. The van der Waals surface area contributed by atoms with Crippen molar-refractivity contribution in [2.75, 3.05) is 6.61 Å². The van der Waals surface area contributed by atoms with E-state index >= 15 is 0 Å². The second kappa shape index (κ2) is 1.92. The lowest BCUT2D eigenvalue weighted by molar-refractivity contribution is 0.268. The van der Waals surface area contributed by atoms with Crippen molar-refractivity contribution in [3.05, 3.63) is 0 Å². The van der Waals surface area contributed by atoms with E-state index in [1.165, 1.54) is 6.42 Å². The molecule has 0 aliphatic carbocycles. The molecule has 0 saturated carbocycles. The minimum Gasteiger partial charge on any atom is -0.395 e. The SMILES string of the molecule is CCC1SC1(C)CO. The van der Waals surface area contributed by atoms with Crippen LogP contribution in [0.1, 0.15) is 20.3 Å². The first kappa shape index (κ1) is 6.43. The molecule has 1 nitrogen and oxygen atoms in total. The summed E-state index contributed by atoms with van der Waals surface area (Å²) in [5.41, 5.74) is 0. The van der Waals surface area contributed by atoms with Crippen LogP contribution in [0.2, 0.25) is 0 Å². The zero-order chi connectivity index (χ0) is 6.20. The predicted octanol–water partition coefficient (Wildman–Crippen LogP) is 1.26. The molecule has 1 N–H and O–H groups in total. The monoisotopic (exact) mass is 132 g/mol. The first-order valence-electron chi connectivity index (χ1n) is 3.01. The highest BCUT2D eigenvalue weighted by atomic mass is 32.2. The lowest BCUT2D eigenvalue weighted by atomic mass is 10.1. The third kappa shape index (κ3) is 0.869. The highest BCUT2D eigenvalue weighted by molar-refractivity contribution is 8.08. The molecule has 1 heterocycles. The molecule has 0 aromatic rings. The Morgan fingerprint density at radius 3 is 2.50 bits per heavy atom. The summed E-state index contributed by atoms with van der Waals surface area (Å²) in [6.45, 7) is 4.63. The van der Waals surface area contributed by atoms with Crippen LogP contribution in [0, 0.1) is 0 Å². The molecule has 2 heteroatoms. The fourth-order valence-electron chi connectivity index (χ4n) is 0.945. The Kier molecular flexibility index (Phi) is 1.54. The van der Waals surface area contributed by atoms with E-state index in [0.717, 1.165) is 5.25 Å². The Bertz CT molecular complexity index is 94.5. The van der Waals surface area contributed by atoms with E-state index in [1.807, 2.05) is 11.8 Å². The first-order chi connectivity index (χ1) is 3.73. The molecule has 2 atom stereocenters. The quantitative estimate of drug-likeness (QED) is 0.571. The largest absolute Gasteiger partial charge is 0.395 e. The van der Waals surface area contributed by atoms with Gasteiger partial charge in [0.15, 0.2) is 0 Å². The lowest BCUT2D eigenvalue weighted by Crippen LogP contribution is -2.13. The molecule has 1 fully saturated rings. The molecule has 1 aliphatic heterocycles. The van der Waals surface area contributed by atoms with Crippen LogP contribution in [-0.2, 0) is 0 Å². The molecule has 0 aromatic carbocycles. The minimum absolute atomic E-state index is 0.231. The van der Waals surface area contributed by atoms with Crippen molar-refractivity contribution in [1.82, 2.24) is 0 Å². The highest BCUT2D eigenvalue weighted by Crippen LogP contribution is 2.54. The second-order valence-corrected chi connectivity index (χ2v) is 4.22. The number of rotatable bonds is 2. The van der Waals surface area contributed by atoms with E-state index in [-0.39, 0.29) is 4.75 Å². The van der Waals surface area contributed by atoms with Gasteiger partial charge >= 0.3 is 0 Å². The molecule has 0 spiro atoms. The highest BCUT2D eigenvalue weighted by Gasteiger charge is 2.49. The molecule has 1 rings (SSSR count). The van der Waals surface area contributed by atoms with Gasteiger partial charge in [0.25, 0.3) is 0 Å². The average Bonchev–Trinajstić information content (AvgIpc) is 2.44. The van der Waals surface area contributed by atoms with Crippen molar-refractivity contribution >= 4 is 11.8 Å². The molecule has 0 aromatic heterocycles. The number of hydrogen-bond donors (Lipinski definition) is 1. The van der Waals surface area contributed by atoms with Gasteiger partial charge in [-0.05, 0) is 13.3 Å². The van der Waals surface area contributed by atoms with E-state index in [4.69, 9.17) is 5.11 Å². The smallest absolute Gasteiger partial charge is 0.0586 e. The third-order valence-electron chi connectivity index (χ3n) is 1.72. The summed E-state index contributed by atoms with van der Waals surface area (Å²) in [6, 6.07) is 0. The fourth-order valence-corrected chi connectivity index (χ4v) is 2.01. The van der Waals surface area contributed by atoms with Crippen molar-refractivity contribution in [3.63, 3.8) is 0 Å². The fraction of sp³-hybridized carbons (Fsp3) is 1.00.